The van der Waals surface area contributed by atoms with Crippen LogP contribution in [-0.2, 0) is 9.53 Å². The zero-order valence-corrected chi connectivity index (χ0v) is 18.2. The first kappa shape index (κ1) is 23.1. The predicted octanol–water partition coefficient (Wildman–Crippen LogP) is 2.91. The maximum Gasteiger partial charge on any atom is 0.226 e. The van der Waals surface area contributed by atoms with Crippen LogP contribution in [0.25, 0.3) is 0 Å². The van der Waals surface area contributed by atoms with Crippen molar-refractivity contribution in [3.63, 3.8) is 0 Å². The van der Waals surface area contributed by atoms with Crippen molar-refractivity contribution in [2.75, 3.05) is 39.2 Å². The van der Waals surface area contributed by atoms with Crippen molar-refractivity contribution < 1.29 is 9.53 Å². The molecule has 24 heavy (non-hydrogen) atoms. The normalized spacial score (nSPS) is 10.8. The van der Waals surface area contributed by atoms with E-state index in [0.29, 0.717) is 25.5 Å². The van der Waals surface area contributed by atoms with Gasteiger partial charge in [-0.2, -0.15) is 0 Å². The molecule has 0 aromatic heterocycles. The van der Waals surface area contributed by atoms with Crippen LogP contribution in [0.3, 0.4) is 0 Å². The Morgan fingerprint density at radius 1 is 1.29 bits per heavy atom. The third kappa shape index (κ3) is 9.43. The van der Waals surface area contributed by atoms with Crippen molar-refractivity contribution in [1.82, 2.24) is 10.6 Å². The van der Waals surface area contributed by atoms with E-state index in [9.17, 15) is 4.79 Å². The smallest absolute Gasteiger partial charge is 0.226 e. The predicted molar refractivity (Wildman–Crippen MR) is 113 cm³/mol. The lowest BCUT2D eigenvalue weighted by atomic mass is 10.2. The standard InChI is InChI=1S/C16H25BrN4O2.HI/c1-12-5-6-13(17)11-14(12)21-15(22)7-9-20-16(18-2)19-8-4-10-23-3;/h5-6,11H,4,7-10H2,1-3H3,(H,21,22)(H2,18,19,20);1H. The highest BCUT2D eigenvalue weighted by atomic mass is 127. The summed E-state index contributed by atoms with van der Waals surface area (Å²) in [6, 6.07) is 5.81. The first-order valence-corrected chi connectivity index (χ1v) is 8.35. The molecular formula is C16H26BrIN4O2. The summed E-state index contributed by atoms with van der Waals surface area (Å²) in [7, 11) is 3.38. The van der Waals surface area contributed by atoms with E-state index < -0.39 is 0 Å². The highest BCUT2D eigenvalue weighted by Gasteiger charge is 2.06. The lowest BCUT2D eigenvalue weighted by Gasteiger charge is -2.12. The van der Waals surface area contributed by atoms with Crippen LogP contribution in [0.2, 0.25) is 0 Å². The molecule has 1 aromatic carbocycles. The second kappa shape index (κ2) is 13.4. The van der Waals surface area contributed by atoms with Crippen LogP contribution < -0.4 is 16.0 Å². The summed E-state index contributed by atoms with van der Waals surface area (Å²) in [4.78, 5) is 16.1. The SMILES string of the molecule is CN=C(NCCCOC)NCCC(=O)Nc1cc(Br)ccc1C.I. The summed E-state index contributed by atoms with van der Waals surface area (Å²) >= 11 is 3.41. The van der Waals surface area contributed by atoms with Crippen LogP contribution >= 0.6 is 39.9 Å². The Hall–Kier alpha value is -0.870. The average Bonchev–Trinajstić information content (AvgIpc) is 2.53. The Bertz CT molecular complexity index is 541. The third-order valence-corrected chi connectivity index (χ3v) is 3.65. The summed E-state index contributed by atoms with van der Waals surface area (Å²) < 4.78 is 5.93. The number of benzene rings is 1. The average molecular weight is 513 g/mol. The first-order chi connectivity index (χ1) is 11.1. The third-order valence-electron chi connectivity index (χ3n) is 3.16. The Labute approximate surface area is 169 Å². The molecule has 1 amide bonds. The second-order valence-electron chi connectivity index (χ2n) is 5.03. The number of amides is 1. The summed E-state index contributed by atoms with van der Waals surface area (Å²) in [6.45, 7) is 3.96. The van der Waals surface area contributed by atoms with Crippen LogP contribution in [0.5, 0.6) is 0 Å². The van der Waals surface area contributed by atoms with E-state index in [1.54, 1.807) is 14.2 Å². The minimum atomic E-state index is -0.0338. The van der Waals surface area contributed by atoms with Gasteiger partial charge in [0.1, 0.15) is 0 Å². The van der Waals surface area contributed by atoms with Crippen molar-refractivity contribution in [2.24, 2.45) is 4.99 Å². The van der Waals surface area contributed by atoms with Gasteiger partial charge >= 0.3 is 0 Å². The van der Waals surface area contributed by atoms with Gasteiger partial charge < -0.3 is 20.7 Å². The largest absolute Gasteiger partial charge is 0.385 e. The number of hydrogen-bond acceptors (Lipinski definition) is 3. The van der Waals surface area contributed by atoms with Gasteiger partial charge in [0, 0.05) is 50.4 Å². The molecule has 0 fully saturated rings. The molecule has 6 nitrogen and oxygen atoms in total. The molecule has 0 aliphatic heterocycles. The maximum atomic E-state index is 12.0. The van der Waals surface area contributed by atoms with E-state index in [-0.39, 0.29) is 29.9 Å². The van der Waals surface area contributed by atoms with Gasteiger partial charge in [-0.3, -0.25) is 9.79 Å². The summed E-state index contributed by atoms with van der Waals surface area (Å²) in [5, 5.41) is 9.20. The molecule has 0 bridgehead atoms. The monoisotopic (exact) mass is 512 g/mol. The zero-order valence-electron chi connectivity index (χ0n) is 14.3. The number of carbonyl (C=O) groups is 1. The van der Waals surface area contributed by atoms with Crippen LogP contribution in [0.15, 0.2) is 27.7 Å². The number of nitrogens with zero attached hydrogens (tertiary/aromatic N) is 1. The Kier molecular flexibility index (Phi) is 12.9. The topological polar surface area (TPSA) is 74.8 Å². The van der Waals surface area contributed by atoms with Crippen LogP contribution in [-0.4, -0.2) is 45.7 Å². The highest BCUT2D eigenvalue weighted by Crippen LogP contribution is 2.20. The fraction of sp³-hybridized carbons (Fsp3) is 0.500. The minimum absolute atomic E-state index is 0. The first-order valence-electron chi connectivity index (χ1n) is 7.56. The van der Waals surface area contributed by atoms with E-state index >= 15 is 0 Å². The molecule has 8 heteroatoms. The molecule has 0 radical (unpaired) electrons. The number of rotatable bonds is 8. The van der Waals surface area contributed by atoms with Crippen molar-refractivity contribution in [2.45, 2.75) is 19.8 Å². The van der Waals surface area contributed by atoms with Gasteiger partial charge in [-0.05, 0) is 31.0 Å². The van der Waals surface area contributed by atoms with Gasteiger partial charge in [-0.15, -0.1) is 24.0 Å². The number of guanidine groups is 1. The van der Waals surface area contributed by atoms with E-state index in [2.05, 4.69) is 36.9 Å². The number of ether oxygens (including phenoxy) is 1. The molecule has 136 valence electrons. The number of methoxy groups -OCH3 is 1. The maximum absolute atomic E-state index is 12.0. The molecule has 1 aromatic rings. The van der Waals surface area contributed by atoms with Crippen molar-refractivity contribution in [3.8, 4) is 0 Å². The number of hydrogen-bond donors (Lipinski definition) is 3. The van der Waals surface area contributed by atoms with Gasteiger partial charge in [-0.1, -0.05) is 22.0 Å². The molecule has 1 rings (SSSR count). The Morgan fingerprint density at radius 2 is 2.00 bits per heavy atom. The summed E-state index contributed by atoms with van der Waals surface area (Å²) in [6.07, 6.45) is 1.27. The fourth-order valence-electron chi connectivity index (χ4n) is 1.88. The van der Waals surface area contributed by atoms with Crippen molar-refractivity contribution in [1.29, 1.82) is 0 Å². The highest BCUT2D eigenvalue weighted by molar-refractivity contribution is 14.0. The zero-order chi connectivity index (χ0) is 17.1. The lowest BCUT2D eigenvalue weighted by Crippen LogP contribution is -2.39. The van der Waals surface area contributed by atoms with Gasteiger partial charge in [0.2, 0.25) is 5.91 Å². The Balaban J connectivity index is 0.00000529. The van der Waals surface area contributed by atoms with Gasteiger partial charge in [0.15, 0.2) is 5.96 Å². The van der Waals surface area contributed by atoms with Crippen molar-refractivity contribution >= 4 is 57.5 Å². The van der Waals surface area contributed by atoms with E-state index in [1.165, 1.54) is 0 Å². The van der Waals surface area contributed by atoms with E-state index in [4.69, 9.17) is 4.74 Å². The van der Waals surface area contributed by atoms with Gasteiger partial charge in [0.25, 0.3) is 0 Å². The molecule has 0 saturated carbocycles. The fourth-order valence-corrected chi connectivity index (χ4v) is 2.24. The number of halogens is 2. The quantitative estimate of drug-likeness (QED) is 0.217. The van der Waals surface area contributed by atoms with Gasteiger partial charge in [0.05, 0.1) is 0 Å². The number of nitrogens with one attached hydrogen (secondary N) is 3. The van der Waals surface area contributed by atoms with E-state index in [0.717, 1.165) is 28.7 Å². The van der Waals surface area contributed by atoms with Crippen molar-refractivity contribution in [3.05, 3.63) is 28.2 Å². The minimum Gasteiger partial charge on any atom is -0.385 e. The van der Waals surface area contributed by atoms with E-state index in [1.807, 2.05) is 25.1 Å². The van der Waals surface area contributed by atoms with Crippen LogP contribution in [0.4, 0.5) is 5.69 Å². The molecule has 0 aliphatic carbocycles. The molecule has 0 saturated heterocycles. The van der Waals surface area contributed by atoms with Crippen LogP contribution in [0.1, 0.15) is 18.4 Å². The number of aryl methyl sites for hydroxylation is 1. The lowest BCUT2D eigenvalue weighted by molar-refractivity contribution is -0.116. The summed E-state index contributed by atoms with van der Waals surface area (Å²) in [5.41, 5.74) is 1.86. The second-order valence-corrected chi connectivity index (χ2v) is 5.95. The number of anilines is 1. The number of carbonyl (C=O) groups excluding carboxylic acids is 1. The van der Waals surface area contributed by atoms with Gasteiger partial charge in [-0.25, -0.2) is 0 Å². The molecule has 0 unspecified atom stereocenters. The molecule has 0 heterocycles. The molecular weight excluding hydrogens is 487 g/mol. The summed E-state index contributed by atoms with van der Waals surface area (Å²) in [5.74, 6) is 0.654. The molecule has 0 spiro atoms. The molecule has 3 N–H and O–H groups in total. The molecule has 0 atom stereocenters. The molecule has 0 aliphatic rings. The number of aliphatic imine (C=N–C) groups is 1. The Morgan fingerprint density at radius 3 is 2.67 bits per heavy atom. The van der Waals surface area contributed by atoms with Crippen LogP contribution in [0, 0.1) is 6.92 Å².